The zero-order valence-electron chi connectivity index (χ0n) is 10.8. The highest BCUT2D eigenvalue weighted by molar-refractivity contribution is 7.16. The molecule has 0 aliphatic carbocycles. The summed E-state index contributed by atoms with van der Waals surface area (Å²) in [5.41, 5.74) is 11.5. The zero-order chi connectivity index (χ0) is 13.4. The molecule has 0 aliphatic rings. The van der Waals surface area contributed by atoms with E-state index in [0.29, 0.717) is 11.4 Å². The Bertz CT molecular complexity index is 729. The van der Waals surface area contributed by atoms with Gasteiger partial charge < -0.3 is 10.5 Å². The summed E-state index contributed by atoms with van der Waals surface area (Å²) in [5, 5.41) is 0. The van der Waals surface area contributed by atoms with Gasteiger partial charge in [-0.2, -0.15) is 0 Å². The van der Waals surface area contributed by atoms with Crippen molar-refractivity contribution in [1.82, 2.24) is 4.98 Å². The first-order valence-corrected chi connectivity index (χ1v) is 6.90. The van der Waals surface area contributed by atoms with Crippen molar-refractivity contribution in [3.63, 3.8) is 0 Å². The second-order valence-corrected chi connectivity index (χ2v) is 5.39. The Kier molecular flexibility index (Phi) is 2.87. The van der Waals surface area contributed by atoms with Crippen LogP contribution in [0.25, 0.3) is 10.2 Å². The predicted molar refractivity (Wildman–Crippen MR) is 80.0 cm³/mol. The Morgan fingerprint density at radius 2 is 1.84 bits per heavy atom. The zero-order valence-corrected chi connectivity index (χ0v) is 11.6. The smallest absolute Gasteiger partial charge is 0.152 e. The van der Waals surface area contributed by atoms with Crippen molar-refractivity contribution >= 4 is 27.2 Å². The first-order chi connectivity index (χ1) is 9.16. The number of anilines is 1. The van der Waals surface area contributed by atoms with E-state index < -0.39 is 0 Å². The van der Waals surface area contributed by atoms with Crippen molar-refractivity contribution in [2.45, 2.75) is 13.8 Å². The highest BCUT2D eigenvalue weighted by atomic mass is 32.1. The van der Waals surface area contributed by atoms with Gasteiger partial charge in [-0.15, -0.1) is 11.3 Å². The Labute approximate surface area is 115 Å². The molecule has 0 fully saturated rings. The maximum atomic E-state index is 6.13. The molecule has 19 heavy (non-hydrogen) atoms. The SMILES string of the molecule is Cc1cccc(C)c1Oc1ccc2scnc2c1N. The van der Waals surface area contributed by atoms with E-state index in [2.05, 4.69) is 4.98 Å². The van der Waals surface area contributed by atoms with E-state index in [4.69, 9.17) is 10.5 Å². The highest BCUT2D eigenvalue weighted by Crippen LogP contribution is 2.36. The van der Waals surface area contributed by atoms with Crippen LogP contribution < -0.4 is 10.5 Å². The molecule has 96 valence electrons. The lowest BCUT2D eigenvalue weighted by atomic mass is 10.1. The fraction of sp³-hybridized carbons (Fsp3) is 0.133. The lowest BCUT2D eigenvalue weighted by Gasteiger charge is -2.13. The number of para-hydroxylation sites is 1. The summed E-state index contributed by atoms with van der Waals surface area (Å²) >= 11 is 1.58. The van der Waals surface area contributed by atoms with Crippen molar-refractivity contribution < 1.29 is 4.74 Å². The minimum atomic E-state index is 0.599. The number of rotatable bonds is 2. The van der Waals surface area contributed by atoms with Gasteiger partial charge in [0.2, 0.25) is 0 Å². The predicted octanol–water partition coefficient (Wildman–Crippen LogP) is 4.29. The van der Waals surface area contributed by atoms with Gasteiger partial charge >= 0.3 is 0 Å². The van der Waals surface area contributed by atoms with Crippen LogP contribution in [0.2, 0.25) is 0 Å². The molecule has 0 bridgehead atoms. The number of aromatic nitrogens is 1. The van der Waals surface area contributed by atoms with Crippen molar-refractivity contribution in [3.05, 3.63) is 47.0 Å². The molecule has 0 unspecified atom stereocenters. The fourth-order valence-corrected chi connectivity index (χ4v) is 2.79. The Morgan fingerprint density at radius 3 is 2.58 bits per heavy atom. The monoisotopic (exact) mass is 270 g/mol. The standard InChI is InChI=1S/C15H14N2OS/c1-9-4-3-5-10(2)15(9)18-11-6-7-12-14(13(11)16)17-8-19-12/h3-8H,16H2,1-2H3. The van der Waals surface area contributed by atoms with Crippen LogP contribution in [0.3, 0.4) is 0 Å². The number of nitrogens with two attached hydrogens (primary N) is 1. The molecule has 0 amide bonds. The average Bonchev–Trinajstić information content (AvgIpc) is 2.85. The molecule has 2 aromatic carbocycles. The van der Waals surface area contributed by atoms with Gasteiger partial charge in [-0.1, -0.05) is 18.2 Å². The number of nitrogens with zero attached hydrogens (tertiary/aromatic N) is 1. The maximum absolute atomic E-state index is 6.13. The van der Waals surface area contributed by atoms with Crippen molar-refractivity contribution in [1.29, 1.82) is 0 Å². The average molecular weight is 270 g/mol. The minimum absolute atomic E-state index is 0.599. The number of nitrogen functional groups attached to an aromatic ring is 1. The molecule has 3 nitrogen and oxygen atoms in total. The van der Waals surface area contributed by atoms with E-state index >= 15 is 0 Å². The van der Waals surface area contributed by atoms with Crippen molar-refractivity contribution in [2.24, 2.45) is 0 Å². The number of thiazole rings is 1. The van der Waals surface area contributed by atoms with Gasteiger partial charge in [0.25, 0.3) is 0 Å². The van der Waals surface area contributed by atoms with E-state index in [0.717, 1.165) is 27.1 Å². The molecule has 3 aromatic rings. The molecule has 0 spiro atoms. The number of aryl methyl sites for hydroxylation is 2. The number of hydrogen-bond acceptors (Lipinski definition) is 4. The van der Waals surface area contributed by atoms with Crippen LogP contribution in [-0.4, -0.2) is 4.98 Å². The van der Waals surface area contributed by atoms with E-state index in [9.17, 15) is 0 Å². The first-order valence-electron chi connectivity index (χ1n) is 6.02. The van der Waals surface area contributed by atoms with Gasteiger partial charge in [0, 0.05) is 0 Å². The normalized spacial score (nSPS) is 10.8. The molecule has 4 heteroatoms. The molecule has 0 saturated heterocycles. The summed E-state index contributed by atoms with van der Waals surface area (Å²) in [6.07, 6.45) is 0. The second kappa shape index (κ2) is 4.55. The van der Waals surface area contributed by atoms with Crippen LogP contribution in [-0.2, 0) is 0 Å². The summed E-state index contributed by atoms with van der Waals surface area (Å²) in [6, 6.07) is 9.97. The molecular weight excluding hydrogens is 256 g/mol. The largest absolute Gasteiger partial charge is 0.455 e. The molecule has 3 rings (SSSR count). The molecule has 0 saturated carbocycles. The van der Waals surface area contributed by atoms with Gasteiger partial charge in [0.05, 0.1) is 10.2 Å². The van der Waals surface area contributed by atoms with Crippen LogP contribution >= 0.6 is 11.3 Å². The van der Waals surface area contributed by atoms with Crippen LogP contribution in [0.1, 0.15) is 11.1 Å². The Hall–Kier alpha value is -2.07. The minimum Gasteiger partial charge on any atom is -0.455 e. The summed E-state index contributed by atoms with van der Waals surface area (Å²) < 4.78 is 7.06. The first kappa shape index (κ1) is 12.0. The molecule has 1 aromatic heterocycles. The van der Waals surface area contributed by atoms with Crippen LogP contribution in [0, 0.1) is 13.8 Å². The van der Waals surface area contributed by atoms with Crippen LogP contribution in [0.4, 0.5) is 5.69 Å². The lowest BCUT2D eigenvalue weighted by Crippen LogP contribution is -1.96. The van der Waals surface area contributed by atoms with Gasteiger partial charge in [0.15, 0.2) is 5.75 Å². The highest BCUT2D eigenvalue weighted by Gasteiger charge is 2.11. The van der Waals surface area contributed by atoms with Crippen molar-refractivity contribution in [3.8, 4) is 11.5 Å². The third kappa shape index (κ3) is 2.04. The molecule has 1 heterocycles. The maximum Gasteiger partial charge on any atom is 0.152 e. The topological polar surface area (TPSA) is 48.1 Å². The van der Waals surface area contributed by atoms with Crippen LogP contribution in [0.15, 0.2) is 35.8 Å². The van der Waals surface area contributed by atoms with Crippen LogP contribution in [0.5, 0.6) is 11.5 Å². The van der Waals surface area contributed by atoms with Gasteiger partial charge in [-0.25, -0.2) is 4.98 Å². The number of fused-ring (bicyclic) bond motifs is 1. The molecule has 0 radical (unpaired) electrons. The number of benzene rings is 2. The summed E-state index contributed by atoms with van der Waals surface area (Å²) in [6.45, 7) is 4.06. The summed E-state index contributed by atoms with van der Waals surface area (Å²) in [7, 11) is 0. The molecule has 0 atom stereocenters. The Morgan fingerprint density at radius 1 is 1.11 bits per heavy atom. The number of ether oxygens (including phenoxy) is 1. The van der Waals surface area contributed by atoms with Gasteiger partial charge in [0.1, 0.15) is 17.0 Å². The van der Waals surface area contributed by atoms with E-state index in [1.165, 1.54) is 0 Å². The third-order valence-electron chi connectivity index (χ3n) is 3.12. The van der Waals surface area contributed by atoms with Gasteiger partial charge in [-0.3, -0.25) is 0 Å². The quantitative estimate of drug-likeness (QED) is 0.707. The Balaban J connectivity index is 2.08. The van der Waals surface area contributed by atoms with E-state index in [1.807, 2.05) is 44.2 Å². The fourth-order valence-electron chi connectivity index (χ4n) is 2.09. The third-order valence-corrected chi connectivity index (χ3v) is 3.92. The van der Waals surface area contributed by atoms with Crippen molar-refractivity contribution in [2.75, 3.05) is 5.73 Å². The lowest BCUT2D eigenvalue weighted by molar-refractivity contribution is 0.478. The summed E-state index contributed by atoms with van der Waals surface area (Å²) in [5.74, 6) is 1.53. The molecule has 2 N–H and O–H groups in total. The number of hydrogen-bond donors (Lipinski definition) is 1. The second-order valence-electron chi connectivity index (χ2n) is 4.50. The van der Waals surface area contributed by atoms with E-state index in [1.54, 1.807) is 16.8 Å². The van der Waals surface area contributed by atoms with Gasteiger partial charge in [-0.05, 0) is 37.1 Å². The molecule has 0 aliphatic heterocycles. The van der Waals surface area contributed by atoms with E-state index in [-0.39, 0.29) is 0 Å². The molecular formula is C15H14N2OS. The summed E-state index contributed by atoms with van der Waals surface area (Å²) in [4.78, 5) is 4.28.